The maximum atomic E-state index is 11.5. The second-order valence-corrected chi connectivity index (χ2v) is 9.98. The molecule has 2 aromatic carbocycles. The summed E-state index contributed by atoms with van der Waals surface area (Å²) in [5.74, 6) is 0.00402. The van der Waals surface area contributed by atoms with Crippen molar-refractivity contribution in [2.24, 2.45) is 11.1 Å². The standard InChI is InChI=1S/C29H33N5O2/c1-21-31-28(27(30)36)32-34(21)25-11-9-22(10-12-25)18-29(20-33-17-5-8-26(33)19-35)15-13-24(14-16-29)23-6-3-2-4-7-23/h2-4,6-7,9-15,26,35H,5,8,16-20H2,1H3,(H2,30,36)/t26?,29-/m1/s1. The van der Waals surface area contributed by atoms with E-state index in [9.17, 15) is 9.90 Å². The number of allylic oxidation sites excluding steroid dienone is 3. The van der Waals surface area contributed by atoms with Crippen LogP contribution in [0.1, 0.15) is 46.8 Å². The molecule has 0 bridgehead atoms. The Hall–Kier alpha value is -3.55. The minimum absolute atomic E-state index is 0.0212. The molecule has 1 aliphatic heterocycles. The Morgan fingerprint density at radius 3 is 2.58 bits per heavy atom. The van der Waals surface area contributed by atoms with Gasteiger partial charge in [0.05, 0.1) is 12.3 Å². The minimum Gasteiger partial charge on any atom is -0.395 e. The van der Waals surface area contributed by atoms with Gasteiger partial charge in [0.15, 0.2) is 0 Å². The number of aliphatic hydroxyl groups excluding tert-OH is 1. The Bertz CT molecular complexity index is 1280. The molecule has 36 heavy (non-hydrogen) atoms. The lowest BCUT2D eigenvalue weighted by Gasteiger charge is -2.38. The van der Waals surface area contributed by atoms with Crippen LogP contribution in [0.4, 0.5) is 0 Å². The number of aryl methyl sites for hydroxylation is 1. The SMILES string of the molecule is Cc1nc(C(N)=O)nn1-c1ccc(C[C@@]2(CN3CCCC3CO)C=CC(c3ccccc3)=CC2)cc1. The summed E-state index contributed by atoms with van der Waals surface area (Å²) < 4.78 is 1.64. The maximum Gasteiger partial charge on any atom is 0.288 e. The van der Waals surface area contributed by atoms with Crippen molar-refractivity contribution in [3.05, 3.63) is 95.6 Å². The molecule has 2 heterocycles. The maximum absolute atomic E-state index is 11.5. The lowest BCUT2D eigenvalue weighted by molar-refractivity contribution is 0.0990. The minimum atomic E-state index is -0.634. The van der Waals surface area contributed by atoms with Gasteiger partial charge in [-0.1, -0.05) is 60.7 Å². The molecule has 2 atom stereocenters. The van der Waals surface area contributed by atoms with Crippen LogP contribution in [0.2, 0.25) is 0 Å². The van der Waals surface area contributed by atoms with Gasteiger partial charge >= 0.3 is 0 Å². The number of rotatable bonds is 8. The molecule has 3 N–H and O–H groups in total. The number of hydrogen-bond donors (Lipinski definition) is 2. The largest absolute Gasteiger partial charge is 0.395 e. The fourth-order valence-electron chi connectivity index (χ4n) is 5.48. The van der Waals surface area contributed by atoms with Crippen molar-refractivity contribution >= 4 is 11.5 Å². The number of hydrogen-bond acceptors (Lipinski definition) is 5. The summed E-state index contributed by atoms with van der Waals surface area (Å²) in [7, 11) is 0. The van der Waals surface area contributed by atoms with Crippen molar-refractivity contribution in [1.82, 2.24) is 19.7 Å². The highest BCUT2D eigenvalue weighted by atomic mass is 16.3. The zero-order valence-electron chi connectivity index (χ0n) is 20.7. The molecule has 1 unspecified atom stereocenters. The van der Waals surface area contributed by atoms with Gasteiger partial charge in [0.1, 0.15) is 5.82 Å². The van der Waals surface area contributed by atoms with Crippen molar-refractivity contribution in [3.8, 4) is 5.69 Å². The van der Waals surface area contributed by atoms with Crippen molar-refractivity contribution in [2.45, 2.75) is 38.6 Å². The van der Waals surface area contributed by atoms with Gasteiger partial charge in [-0.15, -0.1) is 5.10 Å². The molecule has 1 aromatic heterocycles. The fraction of sp³-hybridized carbons (Fsp3) is 0.345. The second kappa shape index (κ2) is 10.2. The Balaban J connectivity index is 1.39. The molecule has 1 aliphatic carbocycles. The highest BCUT2D eigenvalue weighted by molar-refractivity contribution is 5.88. The first kappa shape index (κ1) is 24.2. The van der Waals surface area contributed by atoms with E-state index in [2.05, 4.69) is 69.6 Å². The van der Waals surface area contributed by atoms with Crippen LogP contribution in [0, 0.1) is 12.3 Å². The highest BCUT2D eigenvalue weighted by Gasteiger charge is 2.35. The van der Waals surface area contributed by atoms with Crippen LogP contribution in [0.5, 0.6) is 0 Å². The van der Waals surface area contributed by atoms with Gasteiger partial charge in [0.2, 0.25) is 5.82 Å². The average Bonchev–Trinajstić information content (AvgIpc) is 3.51. The number of aromatic nitrogens is 3. The zero-order valence-corrected chi connectivity index (χ0v) is 20.7. The van der Waals surface area contributed by atoms with Crippen molar-refractivity contribution in [1.29, 1.82) is 0 Å². The van der Waals surface area contributed by atoms with Crippen LogP contribution in [0.25, 0.3) is 11.3 Å². The normalized spacial score (nSPS) is 22.1. The van der Waals surface area contributed by atoms with E-state index in [1.165, 1.54) is 16.7 Å². The average molecular weight is 484 g/mol. The molecule has 186 valence electrons. The van der Waals surface area contributed by atoms with Crippen molar-refractivity contribution in [3.63, 3.8) is 0 Å². The van der Waals surface area contributed by atoms with E-state index in [0.29, 0.717) is 5.82 Å². The Morgan fingerprint density at radius 1 is 1.17 bits per heavy atom. The summed E-state index contributed by atoms with van der Waals surface area (Å²) in [6, 6.07) is 19.0. The van der Waals surface area contributed by atoms with E-state index in [1.54, 1.807) is 11.6 Å². The van der Waals surface area contributed by atoms with Gasteiger partial charge in [0.25, 0.3) is 5.91 Å². The van der Waals surface area contributed by atoms with Crippen LogP contribution in [0.15, 0.2) is 72.8 Å². The molecule has 7 nitrogen and oxygen atoms in total. The van der Waals surface area contributed by atoms with Gasteiger partial charge in [0, 0.05) is 18.0 Å². The van der Waals surface area contributed by atoms with Gasteiger partial charge in [-0.05, 0) is 68.0 Å². The molecule has 7 heteroatoms. The van der Waals surface area contributed by atoms with Gasteiger partial charge in [-0.3, -0.25) is 9.69 Å². The van der Waals surface area contributed by atoms with Crippen LogP contribution in [0.3, 0.4) is 0 Å². The van der Waals surface area contributed by atoms with E-state index in [1.807, 2.05) is 18.2 Å². The van der Waals surface area contributed by atoms with Gasteiger partial charge in [-0.2, -0.15) is 0 Å². The van der Waals surface area contributed by atoms with Crippen LogP contribution >= 0.6 is 0 Å². The summed E-state index contributed by atoms with van der Waals surface area (Å²) in [6.45, 7) is 3.96. The molecule has 1 amide bonds. The zero-order chi connectivity index (χ0) is 25.1. The third kappa shape index (κ3) is 5.03. The van der Waals surface area contributed by atoms with E-state index in [4.69, 9.17) is 5.73 Å². The summed E-state index contributed by atoms with van der Waals surface area (Å²) in [6.07, 6.45) is 11.0. The van der Waals surface area contributed by atoms with Crippen LogP contribution in [-0.4, -0.2) is 56.4 Å². The smallest absolute Gasteiger partial charge is 0.288 e. The third-order valence-corrected chi connectivity index (χ3v) is 7.41. The summed E-state index contributed by atoms with van der Waals surface area (Å²) >= 11 is 0. The lowest BCUT2D eigenvalue weighted by Crippen LogP contribution is -2.42. The highest BCUT2D eigenvalue weighted by Crippen LogP contribution is 2.38. The van der Waals surface area contributed by atoms with Gasteiger partial charge in [-0.25, -0.2) is 9.67 Å². The first-order chi connectivity index (χ1) is 17.5. The number of amides is 1. The second-order valence-electron chi connectivity index (χ2n) is 9.98. The fourth-order valence-corrected chi connectivity index (χ4v) is 5.48. The molecule has 2 aliphatic rings. The molecular formula is C29H33N5O2. The molecule has 1 fully saturated rings. The van der Waals surface area contributed by atoms with Crippen LogP contribution in [-0.2, 0) is 6.42 Å². The number of primary amides is 1. The van der Waals surface area contributed by atoms with Gasteiger partial charge < -0.3 is 10.8 Å². The number of aliphatic hydroxyl groups is 1. The van der Waals surface area contributed by atoms with E-state index < -0.39 is 5.91 Å². The number of carbonyl (C=O) groups is 1. The van der Waals surface area contributed by atoms with E-state index >= 15 is 0 Å². The molecule has 5 rings (SSSR count). The van der Waals surface area contributed by atoms with E-state index in [-0.39, 0.29) is 23.9 Å². The topological polar surface area (TPSA) is 97.3 Å². The van der Waals surface area contributed by atoms with Crippen molar-refractivity contribution < 1.29 is 9.90 Å². The Kier molecular flexibility index (Phi) is 6.85. The molecule has 1 saturated heterocycles. The number of likely N-dealkylation sites (tertiary alicyclic amines) is 1. The molecule has 0 saturated carbocycles. The number of carbonyl (C=O) groups excluding carboxylic acids is 1. The molecule has 0 spiro atoms. The van der Waals surface area contributed by atoms with Crippen molar-refractivity contribution in [2.75, 3.05) is 19.7 Å². The predicted molar refractivity (Wildman–Crippen MR) is 141 cm³/mol. The summed E-state index contributed by atoms with van der Waals surface area (Å²) in [5, 5.41) is 14.2. The molecule has 0 radical (unpaired) electrons. The van der Waals surface area contributed by atoms with Crippen LogP contribution < -0.4 is 5.73 Å². The monoisotopic (exact) mass is 483 g/mol. The third-order valence-electron chi connectivity index (χ3n) is 7.41. The first-order valence-electron chi connectivity index (χ1n) is 12.6. The summed E-state index contributed by atoms with van der Waals surface area (Å²) in [4.78, 5) is 18.1. The first-order valence-corrected chi connectivity index (χ1v) is 12.6. The Morgan fingerprint density at radius 2 is 1.94 bits per heavy atom. The quantitative estimate of drug-likeness (QED) is 0.509. The summed E-state index contributed by atoms with van der Waals surface area (Å²) in [5.41, 5.74) is 9.85. The number of benzene rings is 2. The Labute approximate surface area is 212 Å². The number of nitrogens with two attached hydrogens (primary N) is 1. The van der Waals surface area contributed by atoms with E-state index in [0.717, 1.165) is 44.5 Å². The molecular weight excluding hydrogens is 450 g/mol. The lowest BCUT2D eigenvalue weighted by atomic mass is 9.74. The predicted octanol–water partition coefficient (Wildman–Crippen LogP) is 3.70. The molecule has 3 aromatic rings. The number of nitrogens with zero attached hydrogens (tertiary/aromatic N) is 4.